The molecule has 0 aromatic heterocycles. The van der Waals surface area contributed by atoms with Crippen LogP contribution in [0.4, 0.5) is 11.4 Å². The van der Waals surface area contributed by atoms with Gasteiger partial charge in [0.2, 0.25) is 5.91 Å². The maximum Gasteiger partial charge on any atom is 0.223 e. The highest BCUT2D eigenvalue weighted by Gasteiger charge is 2.21. The van der Waals surface area contributed by atoms with E-state index in [1.54, 1.807) is 18.9 Å². The van der Waals surface area contributed by atoms with Crippen LogP contribution >= 0.6 is 0 Å². The Morgan fingerprint density at radius 2 is 1.69 bits per heavy atom. The number of aryl methyl sites for hydroxylation is 1. The van der Waals surface area contributed by atoms with E-state index < -0.39 is 0 Å². The molecule has 0 saturated carbocycles. The van der Waals surface area contributed by atoms with E-state index in [9.17, 15) is 4.79 Å². The molecule has 200 valence electrons. The Hall–Kier alpha value is -3.08. The smallest absolute Gasteiger partial charge is 0.223 e. The minimum absolute atomic E-state index is 0.0803. The molecule has 1 heterocycles. The molecule has 2 aromatic carbocycles. The quantitative estimate of drug-likeness (QED) is 0.369. The van der Waals surface area contributed by atoms with Crippen LogP contribution in [0.5, 0.6) is 5.75 Å². The van der Waals surface area contributed by atoms with Gasteiger partial charge in [-0.1, -0.05) is 58.9 Å². The number of carbonyl (C=O) groups is 1. The van der Waals surface area contributed by atoms with Crippen LogP contribution in [0.3, 0.4) is 0 Å². The Bertz CT molecular complexity index is 910. The van der Waals surface area contributed by atoms with Gasteiger partial charge < -0.3 is 14.5 Å². The molecular weight excluding hydrogens is 446 g/mol. The molecule has 1 aliphatic rings. The fourth-order valence-corrected chi connectivity index (χ4v) is 3.78. The second-order valence-corrected chi connectivity index (χ2v) is 7.62. The molecule has 0 N–H and O–H groups in total. The molecule has 0 atom stereocenters. The van der Waals surface area contributed by atoms with Gasteiger partial charge in [0.15, 0.2) is 0 Å². The van der Waals surface area contributed by atoms with E-state index in [0.717, 1.165) is 43.1 Å². The number of allylic oxidation sites excluding steroid dienone is 1. The number of benzene rings is 2. The molecule has 2 aromatic rings. The summed E-state index contributed by atoms with van der Waals surface area (Å²) in [5, 5.41) is 0. The van der Waals surface area contributed by atoms with E-state index >= 15 is 0 Å². The monoisotopic (exact) mass is 495 g/mol. The standard InChI is InChI=1S/C18H25N3O.C9H12O.2C2H6/c1-5-16(19-6-2)13-20-11-10-15-8-9-17(12-18(15)20)21(7-3)14(4)22;1-3-8-4-6-9(10-2)7-5-8;2*1-2/h5-6,8-9,12H,7,10-11,13H2,1-4H3;4-7H,3H2,1-2H3;2*1-2H3/b16-5-,19-6?;;;. The van der Waals surface area contributed by atoms with Crippen molar-refractivity contribution in [2.75, 3.05) is 36.5 Å². The van der Waals surface area contributed by atoms with Crippen LogP contribution in [-0.4, -0.2) is 38.9 Å². The fourth-order valence-electron chi connectivity index (χ4n) is 3.78. The Balaban J connectivity index is 0.000000730. The molecule has 5 heteroatoms. The van der Waals surface area contributed by atoms with Crippen molar-refractivity contribution in [2.24, 2.45) is 4.99 Å². The number of fused-ring (bicyclic) bond motifs is 1. The SMILES string of the molecule is CC.CC.CC=N/C(=C\C)CN1CCc2ccc(N(CC)C(C)=O)cc21.CCc1ccc(OC)cc1. The topological polar surface area (TPSA) is 45.1 Å². The molecule has 0 radical (unpaired) electrons. The summed E-state index contributed by atoms with van der Waals surface area (Å²) in [7, 11) is 1.68. The molecule has 1 amide bonds. The van der Waals surface area contributed by atoms with Gasteiger partial charge in [0, 0.05) is 37.6 Å². The van der Waals surface area contributed by atoms with Crippen molar-refractivity contribution in [3.05, 3.63) is 65.4 Å². The lowest BCUT2D eigenvalue weighted by Gasteiger charge is -2.23. The number of rotatable bonds is 7. The average Bonchev–Trinajstić information content (AvgIpc) is 3.33. The van der Waals surface area contributed by atoms with Crippen molar-refractivity contribution >= 4 is 23.5 Å². The van der Waals surface area contributed by atoms with E-state index in [4.69, 9.17) is 4.74 Å². The van der Waals surface area contributed by atoms with Gasteiger partial charge in [-0.3, -0.25) is 9.79 Å². The number of aliphatic imine (C=N–C) groups is 1. The minimum atomic E-state index is 0.0803. The number of hydrogen-bond acceptors (Lipinski definition) is 4. The highest BCUT2D eigenvalue weighted by molar-refractivity contribution is 5.92. The molecular formula is C31H49N3O2. The van der Waals surface area contributed by atoms with Crippen LogP contribution in [0.25, 0.3) is 0 Å². The second-order valence-electron chi connectivity index (χ2n) is 7.62. The van der Waals surface area contributed by atoms with E-state index in [1.807, 2.05) is 72.9 Å². The van der Waals surface area contributed by atoms with Crippen LogP contribution in [-0.2, 0) is 17.6 Å². The average molecular weight is 496 g/mol. The summed E-state index contributed by atoms with van der Waals surface area (Å²) < 4.78 is 5.01. The molecule has 1 aliphatic heterocycles. The van der Waals surface area contributed by atoms with Crippen molar-refractivity contribution in [3.63, 3.8) is 0 Å². The summed E-state index contributed by atoms with van der Waals surface area (Å²) in [6.45, 7) is 20.2. The number of ether oxygens (including phenoxy) is 1. The van der Waals surface area contributed by atoms with Gasteiger partial charge in [0.1, 0.15) is 5.75 Å². The molecule has 0 fully saturated rings. The zero-order chi connectivity index (χ0) is 27.5. The maximum absolute atomic E-state index is 11.8. The summed E-state index contributed by atoms with van der Waals surface area (Å²) in [6.07, 6.45) is 6.02. The van der Waals surface area contributed by atoms with Crippen molar-refractivity contribution in [2.45, 2.75) is 75.2 Å². The number of hydrogen-bond donors (Lipinski definition) is 0. The summed E-state index contributed by atoms with van der Waals surface area (Å²) in [6, 6.07) is 14.5. The first kappa shape index (κ1) is 32.9. The minimum Gasteiger partial charge on any atom is -0.497 e. The Kier molecular flexibility index (Phi) is 17.5. The van der Waals surface area contributed by atoms with E-state index in [2.05, 4.69) is 47.2 Å². The summed E-state index contributed by atoms with van der Waals surface area (Å²) in [4.78, 5) is 20.3. The van der Waals surface area contributed by atoms with Gasteiger partial charge in [-0.15, -0.1) is 0 Å². The lowest BCUT2D eigenvalue weighted by atomic mass is 10.1. The predicted octanol–water partition coefficient (Wildman–Crippen LogP) is 7.73. The van der Waals surface area contributed by atoms with Gasteiger partial charge in [-0.25, -0.2) is 0 Å². The third-order valence-electron chi connectivity index (χ3n) is 5.62. The van der Waals surface area contributed by atoms with Crippen LogP contribution < -0.4 is 14.5 Å². The highest BCUT2D eigenvalue weighted by atomic mass is 16.5. The number of nitrogens with zero attached hydrogens (tertiary/aromatic N) is 3. The van der Waals surface area contributed by atoms with Crippen LogP contribution in [0.2, 0.25) is 0 Å². The molecule has 0 saturated heterocycles. The zero-order valence-corrected chi connectivity index (χ0v) is 24.4. The largest absolute Gasteiger partial charge is 0.497 e. The number of methoxy groups -OCH3 is 1. The van der Waals surface area contributed by atoms with Gasteiger partial charge >= 0.3 is 0 Å². The highest BCUT2D eigenvalue weighted by Crippen LogP contribution is 2.32. The number of anilines is 2. The maximum atomic E-state index is 11.8. The zero-order valence-electron chi connectivity index (χ0n) is 24.4. The number of carbonyl (C=O) groups excluding carboxylic acids is 1. The van der Waals surface area contributed by atoms with Crippen molar-refractivity contribution in [1.82, 2.24) is 0 Å². The first-order valence-corrected chi connectivity index (χ1v) is 13.4. The van der Waals surface area contributed by atoms with Gasteiger partial charge in [0.25, 0.3) is 0 Å². The lowest BCUT2D eigenvalue weighted by Crippen LogP contribution is -2.28. The Morgan fingerprint density at radius 1 is 1.06 bits per heavy atom. The number of amides is 1. The predicted molar refractivity (Wildman–Crippen MR) is 159 cm³/mol. The van der Waals surface area contributed by atoms with E-state index in [-0.39, 0.29) is 5.91 Å². The molecule has 36 heavy (non-hydrogen) atoms. The summed E-state index contributed by atoms with van der Waals surface area (Å²) in [5.74, 6) is 1.01. The first-order chi connectivity index (χ1) is 17.5. The second kappa shape index (κ2) is 19.1. The van der Waals surface area contributed by atoms with Gasteiger partial charge in [-0.2, -0.15) is 0 Å². The van der Waals surface area contributed by atoms with E-state index in [0.29, 0.717) is 6.54 Å². The molecule has 0 aliphatic carbocycles. The molecule has 0 unspecified atom stereocenters. The molecule has 5 nitrogen and oxygen atoms in total. The van der Waals surface area contributed by atoms with Crippen LogP contribution in [0, 0.1) is 0 Å². The third kappa shape index (κ3) is 10.3. The molecule has 0 spiro atoms. The summed E-state index contributed by atoms with van der Waals surface area (Å²) >= 11 is 0. The third-order valence-corrected chi connectivity index (χ3v) is 5.62. The van der Waals surface area contributed by atoms with Crippen molar-refractivity contribution in [1.29, 1.82) is 0 Å². The van der Waals surface area contributed by atoms with E-state index in [1.165, 1.54) is 16.8 Å². The van der Waals surface area contributed by atoms with Crippen LogP contribution in [0.15, 0.2) is 59.2 Å². The van der Waals surface area contributed by atoms with Gasteiger partial charge in [0.05, 0.1) is 19.4 Å². The van der Waals surface area contributed by atoms with Crippen molar-refractivity contribution < 1.29 is 9.53 Å². The van der Waals surface area contributed by atoms with Crippen molar-refractivity contribution in [3.8, 4) is 5.75 Å². The molecule has 3 rings (SSSR count). The van der Waals surface area contributed by atoms with Crippen LogP contribution in [0.1, 0.15) is 73.4 Å². The summed E-state index contributed by atoms with van der Waals surface area (Å²) in [5.41, 5.74) is 5.96. The fraction of sp³-hybridized carbons (Fsp3) is 0.484. The Labute approximate surface area is 220 Å². The van der Waals surface area contributed by atoms with Gasteiger partial charge in [-0.05, 0) is 69.0 Å². The first-order valence-electron chi connectivity index (χ1n) is 13.4. The molecule has 0 bridgehead atoms. The Morgan fingerprint density at radius 3 is 2.17 bits per heavy atom. The normalized spacial score (nSPS) is 11.8. The lowest BCUT2D eigenvalue weighted by molar-refractivity contribution is -0.116.